The van der Waals surface area contributed by atoms with E-state index in [9.17, 15) is 4.79 Å². The molecule has 2 aromatic carbocycles. The number of piperidine rings is 1. The molecule has 0 spiro atoms. The standard InChI is InChI=1S/C24H27N3O3/c25-16-18-7-9-20(10-8-18)27-13-11-19(12-14-27)26-24(28)22-5-1-2-6-23(22)30-17-21-4-3-15-29-21/h1-2,5-10,19,21H,3-4,11-15,17H2,(H,26,28). The quantitative estimate of drug-likeness (QED) is 0.796. The number of carbonyl (C=O) groups excluding carboxylic acids is 1. The van der Waals surface area contributed by atoms with E-state index in [2.05, 4.69) is 16.3 Å². The Morgan fingerprint density at radius 2 is 1.90 bits per heavy atom. The lowest BCUT2D eigenvalue weighted by Crippen LogP contribution is -2.44. The number of anilines is 1. The highest BCUT2D eigenvalue weighted by atomic mass is 16.5. The van der Waals surface area contributed by atoms with E-state index >= 15 is 0 Å². The summed E-state index contributed by atoms with van der Waals surface area (Å²) >= 11 is 0. The maximum Gasteiger partial charge on any atom is 0.255 e. The van der Waals surface area contributed by atoms with Crippen molar-refractivity contribution in [2.45, 2.75) is 37.8 Å². The summed E-state index contributed by atoms with van der Waals surface area (Å²) in [7, 11) is 0. The molecule has 1 atom stereocenters. The predicted octanol–water partition coefficient (Wildman–Crippen LogP) is 3.51. The minimum atomic E-state index is -0.0882. The summed E-state index contributed by atoms with van der Waals surface area (Å²) in [5, 5.41) is 12.1. The number of para-hydroxylation sites is 1. The van der Waals surface area contributed by atoms with Gasteiger partial charge in [-0.3, -0.25) is 4.79 Å². The predicted molar refractivity (Wildman–Crippen MR) is 115 cm³/mol. The summed E-state index contributed by atoms with van der Waals surface area (Å²) in [5.74, 6) is 0.523. The molecule has 2 aliphatic heterocycles. The molecular formula is C24H27N3O3. The average Bonchev–Trinajstić information content (AvgIpc) is 3.32. The van der Waals surface area contributed by atoms with Crippen LogP contribution in [0.25, 0.3) is 0 Å². The summed E-state index contributed by atoms with van der Waals surface area (Å²) in [6.45, 7) is 3.01. The molecule has 2 aromatic rings. The number of nitriles is 1. The van der Waals surface area contributed by atoms with E-state index in [4.69, 9.17) is 14.7 Å². The van der Waals surface area contributed by atoms with Crippen LogP contribution < -0.4 is 15.0 Å². The van der Waals surface area contributed by atoms with Crippen LogP contribution in [0.5, 0.6) is 5.75 Å². The summed E-state index contributed by atoms with van der Waals surface area (Å²) in [6.07, 6.45) is 3.95. The summed E-state index contributed by atoms with van der Waals surface area (Å²) in [5.41, 5.74) is 2.36. The molecule has 2 heterocycles. The first-order valence-corrected chi connectivity index (χ1v) is 10.6. The largest absolute Gasteiger partial charge is 0.490 e. The number of amides is 1. The molecule has 156 valence electrons. The molecule has 2 saturated heterocycles. The van der Waals surface area contributed by atoms with Crippen molar-refractivity contribution in [2.75, 3.05) is 31.2 Å². The molecule has 0 radical (unpaired) electrons. The Morgan fingerprint density at radius 1 is 1.13 bits per heavy atom. The Morgan fingerprint density at radius 3 is 2.60 bits per heavy atom. The van der Waals surface area contributed by atoms with Gasteiger partial charge in [0.1, 0.15) is 12.4 Å². The van der Waals surface area contributed by atoms with Gasteiger partial charge in [0, 0.05) is 31.4 Å². The van der Waals surface area contributed by atoms with Crippen LogP contribution in [0.2, 0.25) is 0 Å². The minimum Gasteiger partial charge on any atom is -0.490 e. The number of carbonyl (C=O) groups is 1. The Kier molecular flexibility index (Phi) is 6.50. The molecular weight excluding hydrogens is 378 g/mol. The Balaban J connectivity index is 1.31. The highest BCUT2D eigenvalue weighted by Crippen LogP contribution is 2.23. The smallest absolute Gasteiger partial charge is 0.255 e. The Bertz CT molecular complexity index is 893. The van der Waals surface area contributed by atoms with Crippen LogP contribution in [-0.2, 0) is 4.74 Å². The first kappa shape index (κ1) is 20.2. The van der Waals surface area contributed by atoms with Gasteiger partial charge in [-0.05, 0) is 62.1 Å². The zero-order valence-corrected chi connectivity index (χ0v) is 17.0. The van der Waals surface area contributed by atoms with E-state index in [0.717, 1.165) is 51.1 Å². The lowest BCUT2D eigenvalue weighted by Gasteiger charge is -2.34. The molecule has 1 unspecified atom stereocenters. The van der Waals surface area contributed by atoms with Crippen LogP contribution in [0.3, 0.4) is 0 Å². The van der Waals surface area contributed by atoms with Crippen LogP contribution >= 0.6 is 0 Å². The third-order valence-electron chi connectivity index (χ3n) is 5.77. The second-order valence-corrected chi connectivity index (χ2v) is 7.84. The summed E-state index contributed by atoms with van der Waals surface area (Å²) < 4.78 is 11.5. The highest BCUT2D eigenvalue weighted by Gasteiger charge is 2.23. The van der Waals surface area contributed by atoms with Crippen molar-refractivity contribution in [3.05, 3.63) is 59.7 Å². The van der Waals surface area contributed by atoms with Crippen molar-refractivity contribution in [3.63, 3.8) is 0 Å². The third-order valence-corrected chi connectivity index (χ3v) is 5.77. The first-order valence-electron chi connectivity index (χ1n) is 10.6. The molecule has 0 saturated carbocycles. The van der Waals surface area contributed by atoms with Crippen LogP contribution in [0.15, 0.2) is 48.5 Å². The molecule has 30 heavy (non-hydrogen) atoms. The number of benzene rings is 2. The van der Waals surface area contributed by atoms with Gasteiger partial charge in [0.05, 0.1) is 23.3 Å². The Hall–Kier alpha value is -3.04. The SMILES string of the molecule is N#Cc1ccc(N2CCC(NC(=O)c3ccccc3OCC3CCCO3)CC2)cc1. The summed E-state index contributed by atoms with van der Waals surface area (Å²) in [6, 6.07) is 17.3. The monoisotopic (exact) mass is 405 g/mol. The number of ether oxygens (including phenoxy) is 2. The van der Waals surface area contributed by atoms with E-state index in [1.807, 2.05) is 48.5 Å². The van der Waals surface area contributed by atoms with E-state index in [1.165, 1.54) is 0 Å². The maximum atomic E-state index is 12.9. The van der Waals surface area contributed by atoms with Crippen molar-refractivity contribution in [1.29, 1.82) is 5.26 Å². The third kappa shape index (κ3) is 4.92. The zero-order valence-electron chi connectivity index (χ0n) is 17.0. The maximum absolute atomic E-state index is 12.9. The summed E-state index contributed by atoms with van der Waals surface area (Å²) in [4.78, 5) is 15.2. The lowest BCUT2D eigenvalue weighted by molar-refractivity contribution is 0.0669. The number of rotatable bonds is 6. The van der Waals surface area contributed by atoms with Crippen molar-refractivity contribution in [3.8, 4) is 11.8 Å². The van der Waals surface area contributed by atoms with Crippen LogP contribution in [0.1, 0.15) is 41.6 Å². The second-order valence-electron chi connectivity index (χ2n) is 7.84. The van der Waals surface area contributed by atoms with Gasteiger partial charge < -0.3 is 19.7 Å². The van der Waals surface area contributed by atoms with Crippen molar-refractivity contribution < 1.29 is 14.3 Å². The molecule has 2 aliphatic rings. The van der Waals surface area contributed by atoms with Gasteiger partial charge >= 0.3 is 0 Å². The van der Waals surface area contributed by atoms with E-state index < -0.39 is 0 Å². The molecule has 0 aliphatic carbocycles. The first-order chi connectivity index (χ1) is 14.7. The lowest BCUT2D eigenvalue weighted by atomic mass is 10.0. The number of hydrogen-bond acceptors (Lipinski definition) is 5. The number of hydrogen-bond donors (Lipinski definition) is 1. The second kappa shape index (κ2) is 9.64. The highest BCUT2D eigenvalue weighted by molar-refractivity contribution is 5.97. The molecule has 0 aromatic heterocycles. The number of nitrogens with zero attached hydrogens (tertiary/aromatic N) is 2. The van der Waals surface area contributed by atoms with Crippen LogP contribution in [-0.4, -0.2) is 44.4 Å². The van der Waals surface area contributed by atoms with Crippen LogP contribution in [0.4, 0.5) is 5.69 Å². The van der Waals surface area contributed by atoms with Gasteiger partial charge in [0.2, 0.25) is 0 Å². The van der Waals surface area contributed by atoms with Gasteiger partial charge in [0.15, 0.2) is 0 Å². The molecule has 4 rings (SSSR count). The van der Waals surface area contributed by atoms with Crippen molar-refractivity contribution in [2.24, 2.45) is 0 Å². The normalized spacial score (nSPS) is 19.3. The molecule has 0 bridgehead atoms. The van der Waals surface area contributed by atoms with E-state index in [1.54, 1.807) is 0 Å². The van der Waals surface area contributed by atoms with Gasteiger partial charge in [-0.25, -0.2) is 0 Å². The average molecular weight is 405 g/mol. The molecule has 6 heteroatoms. The molecule has 1 N–H and O–H groups in total. The van der Waals surface area contributed by atoms with Gasteiger partial charge in [-0.2, -0.15) is 5.26 Å². The fourth-order valence-corrected chi connectivity index (χ4v) is 4.03. The van der Waals surface area contributed by atoms with Gasteiger partial charge in [-0.1, -0.05) is 12.1 Å². The minimum absolute atomic E-state index is 0.0882. The number of nitrogens with one attached hydrogen (secondary N) is 1. The molecule has 2 fully saturated rings. The van der Waals surface area contributed by atoms with E-state index in [0.29, 0.717) is 23.5 Å². The van der Waals surface area contributed by atoms with Crippen LogP contribution in [0, 0.1) is 11.3 Å². The van der Waals surface area contributed by atoms with Gasteiger partial charge in [0.25, 0.3) is 5.91 Å². The molecule has 6 nitrogen and oxygen atoms in total. The van der Waals surface area contributed by atoms with Crippen molar-refractivity contribution in [1.82, 2.24) is 5.32 Å². The molecule has 1 amide bonds. The fourth-order valence-electron chi connectivity index (χ4n) is 4.03. The van der Waals surface area contributed by atoms with Crippen molar-refractivity contribution >= 4 is 11.6 Å². The van der Waals surface area contributed by atoms with E-state index in [-0.39, 0.29) is 18.1 Å². The fraction of sp³-hybridized carbons (Fsp3) is 0.417. The topological polar surface area (TPSA) is 74.6 Å². The zero-order chi connectivity index (χ0) is 20.8. The van der Waals surface area contributed by atoms with Gasteiger partial charge in [-0.15, -0.1) is 0 Å². The Labute approximate surface area is 177 Å².